The van der Waals surface area contributed by atoms with E-state index in [9.17, 15) is 0 Å². The molecule has 1 N–H and O–H groups in total. The van der Waals surface area contributed by atoms with Gasteiger partial charge in [-0.2, -0.15) is 0 Å². The van der Waals surface area contributed by atoms with Crippen LogP contribution < -0.4 is 10.1 Å². The van der Waals surface area contributed by atoms with Gasteiger partial charge in [-0.25, -0.2) is 0 Å². The molecule has 0 aromatic heterocycles. The Morgan fingerprint density at radius 1 is 1.00 bits per heavy atom. The van der Waals surface area contributed by atoms with Gasteiger partial charge >= 0.3 is 0 Å². The van der Waals surface area contributed by atoms with Crippen LogP contribution in [0, 0.1) is 0 Å². The van der Waals surface area contributed by atoms with Gasteiger partial charge in [-0.15, -0.1) is 0 Å². The number of hydrogen-bond donors (Lipinski definition) is 1. The van der Waals surface area contributed by atoms with Gasteiger partial charge in [0.25, 0.3) is 0 Å². The van der Waals surface area contributed by atoms with Crippen molar-refractivity contribution in [2.75, 3.05) is 18.5 Å². The van der Waals surface area contributed by atoms with Crippen molar-refractivity contribution in [3.05, 3.63) is 59.7 Å². The molecule has 3 rings (SSSR count). The summed E-state index contributed by atoms with van der Waals surface area (Å²) in [5.41, 5.74) is 3.72. The molecule has 0 saturated carbocycles. The van der Waals surface area contributed by atoms with Crippen molar-refractivity contribution < 1.29 is 4.74 Å². The van der Waals surface area contributed by atoms with Gasteiger partial charge in [0.15, 0.2) is 0 Å². The highest BCUT2D eigenvalue weighted by Gasteiger charge is 2.09. The Labute approximate surface area is 101 Å². The second-order valence-corrected chi connectivity index (χ2v) is 4.27. The third kappa shape index (κ3) is 2.26. The van der Waals surface area contributed by atoms with E-state index in [1.165, 1.54) is 11.1 Å². The number of hydrogen-bond acceptors (Lipinski definition) is 2. The molecule has 2 nitrogen and oxygen atoms in total. The number of ether oxygens (including phenoxy) is 1. The Morgan fingerprint density at radius 2 is 1.88 bits per heavy atom. The zero-order valence-corrected chi connectivity index (χ0v) is 9.65. The predicted molar refractivity (Wildman–Crippen MR) is 69.7 cm³/mol. The minimum absolute atomic E-state index is 0.752. The maximum atomic E-state index is 5.64. The number of anilines is 1. The van der Waals surface area contributed by atoms with Crippen LogP contribution in [0.3, 0.4) is 0 Å². The molecule has 2 aromatic rings. The quantitative estimate of drug-likeness (QED) is 0.848. The molecule has 1 aliphatic rings. The first kappa shape index (κ1) is 10.2. The zero-order valence-electron chi connectivity index (χ0n) is 9.65. The average Bonchev–Trinajstić information content (AvgIpc) is 2.40. The summed E-state index contributed by atoms with van der Waals surface area (Å²) in [5.74, 6) is 0.977. The van der Waals surface area contributed by atoms with E-state index in [1.54, 1.807) is 0 Å². The van der Waals surface area contributed by atoms with Crippen LogP contribution in [-0.2, 0) is 6.42 Å². The second-order valence-electron chi connectivity index (χ2n) is 4.27. The smallest absolute Gasteiger partial charge is 0.142 e. The van der Waals surface area contributed by atoms with Crippen LogP contribution in [0.4, 0.5) is 5.69 Å². The van der Waals surface area contributed by atoms with E-state index in [0.717, 1.165) is 31.0 Å². The lowest BCUT2D eigenvalue weighted by Gasteiger charge is -2.19. The maximum Gasteiger partial charge on any atom is 0.142 e. The van der Waals surface area contributed by atoms with Crippen LogP contribution in [0.1, 0.15) is 11.1 Å². The number of benzene rings is 2. The van der Waals surface area contributed by atoms with Crippen LogP contribution in [-0.4, -0.2) is 13.2 Å². The van der Waals surface area contributed by atoms with Crippen LogP contribution in [0.25, 0.3) is 0 Å². The molecule has 0 spiro atoms. The molecule has 0 unspecified atom stereocenters. The molecule has 0 amide bonds. The monoisotopic (exact) mass is 225 g/mol. The standard InChI is InChI=1S/C15H15NO/c1-2-4-12(5-3-1)10-13-6-7-14-15(11-13)17-9-8-16-14/h1-7,11,16H,8-10H2. The third-order valence-electron chi connectivity index (χ3n) is 2.97. The summed E-state index contributed by atoms with van der Waals surface area (Å²) in [6, 6.07) is 16.9. The highest BCUT2D eigenvalue weighted by molar-refractivity contribution is 5.59. The summed E-state index contributed by atoms with van der Waals surface area (Å²) in [4.78, 5) is 0. The van der Waals surface area contributed by atoms with Gasteiger partial charge in [-0.3, -0.25) is 0 Å². The summed E-state index contributed by atoms with van der Waals surface area (Å²) < 4.78 is 5.64. The molecule has 86 valence electrons. The molecule has 2 heteroatoms. The maximum absolute atomic E-state index is 5.64. The predicted octanol–water partition coefficient (Wildman–Crippen LogP) is 3.08. The van der Waals surface area contributed by atoms with Crippen LogP contribution in [0.15, 0.2) is 48.5 Å². The summed E-state index contributed by atoms with van der Waals surface area (Å²) in [6.45, 7) is 1.65. The molecule has 0 fully saturated rings. The van der Waals surface area contributed by atoms with Crippen molar-refractivity contribution in [3.63, 3.8) is 0 Å². The topological polar surface area (TPSA) is 21.3 Å². The first-order valence-electron chi connectivity index (χ1n) is 5.95. The Hall–Kier alpha value is -1.96. The molecule has 17 heavy (non-hydrogen) atoms. The Bertz CT molecular complexity index is 508. The number of nitrogens with one attached hydrogen (secondary N) is 1. The zero-order chi connectivity index (χ0) is 11.5. The highest BCUT2D eigenvalue weighted by atomic mass is 16.5. The molecule has 0 saturated heterocycles. The minimum Gasteiger partial charge on any atom is -0.490 e. The molecule has 0 bridgehead atoms. The Balaban J connectivity index is 1.84. The summed E-state index contributed by atoms with van der Waals surface area (Å²) >= 11 is 0. The minimum atomic E-state index is 0.752. The fraction of sp³-hybridized carbons (Fsp3) is 0.200. The van der Waals surface area contributed by atoms with Crippen molar-refractivity contribution in [2.24, 2.45) is 0 Å². The van der Waals surface area contributed by atoms with E-state index < -0.39 is 0 Å². The van der Waals surface area contributed by atoms with Gasteiger partial charge in [0.1, 0.15) is 12.4 Å². The van der Waals surface area contributed by atoms with Crippen molar-refractivity contribution in [3.8, 4) is 5.75 Å². The molecular formula is C15H15NO. The third-order valence-corrected chi connectivity index (χ3v) is 2.97. The van der Waals surface area contributed by atoms with Gasteiger partial charge in [0.2, 0.25) is 0 Å². The van der Waals surface area contributed by atoms with Crippen LogP contribution in [0.5, 0.6) is 5.75 Å². The molecule has 0 aliphatic carbocycles. The number of rotatable bonds is 2. The van der Waals surface area contributed by atoms with Gasteiger partial charge in [-0.05, 0) is 29.7 Å². The SMILES string of the molecule is c1ccc(Cc2ccc3c(c2)OCCN3)cc1. The fourth-order valence-electron chi connectivity index (χ4n) is 2.12. The van der Waals surface area contributed by atoms with E-state index in [4.69, 9.17) is 4.74 Å². The average molecular weight is 225 g/mol. The molecule has 1 heterocycles. The Kier molecular flexibility index (Phi) is 2.70. The highest BCUT2D eigenvalue weighted by Crippen LogP contribution is 2.28. The molecular weight excluding hydrogens is 210 g/mol. The van der Waals surface area contributed by atoms with Crippen molar-refractivity contribution in [1.29, 1.82) is 0 Å². The van der Waals surface area contributed by atoms with E-state index in [1.807, 2.05) is 6.07 Å². The lowest BCUT2D eigenvalue weighted by molar-refractivity contribution is 0.323. The Morgan fingerprint density at radius 3 is 2.76 bits per heavy atom. The molecule has 2 aromatic carbocycles. The normalized spacial score (nSPS) is 13.4. The molecule has 0 radical (unpaired) electrons. The second kappa shape index (κ2) is 4.50. The van der Waals surface area contributed by atoms with Crippen LogP contribution in [0.2, 0.25) is 0 Å². The lowest BCUT2D eigenvalue weighted by atomic mass is 10.0. The number of fused-ring (bicyclic) bond motifs is 1. The largest absolute Gasteiger partial charge is 0.490 e. The first-order chi connectivity index (χ1) is 8.42. The van der Waals surface area contributed by atoms with Crippen LogP contribution >= 0.6 is 0 Å². The van der Waals surface area contributed by atoms with Gasteiger partial charge in [0.05, 0.1) is 5.69 Å². The molecule has 0 atom stereocenters. The summed E-state index contributed by atoms with van der Waals surface area (Å²) in [7, 11) is 0. The van der Waals surface area contributed by atoms with Gasteiger partial charge in [-0.1, -0.05) is 36.4 Å². The van der Waals surface area contributed by atoms with E-state index >= 15 is 0 Å². The van der Waals surface area contributed by atoms with E-state index in [2.05, 4.69) is 47.8 Å². The fourth-order valence-corrected chi connectivity index (χ4v) is 2.12. The van der Waals surface area contributed by atoms with Crippen molar-refractivity contribution in [1.82, 2.24) is 0 Å². The van der Waals surface area contributed by atoms with E-state index in [-0.39, 0.29) is 0 Å². The molecule has 1 aliphatic heterocycles. The van der Waals surface area contributed by atoms with Gasteiger partial charge in [0, 0.05) is 6.54 Å². The summed E-state index contributed by atoms with van der Waals surface area (Å²) in [5, 5.41) is 3.33. The first-order valence-corrected chi connectivity index (χ1v) is 5.95. The van der Waals surface area contributed by atoms with Crippen molar-refractivity contribution in [2.45, 2.75) is 6.42 Å². The van der Waals surface area contributed by atoms with Gasteiger partial charge < -0.3 is 10.1 Å². The van der Waals surface area contributed by atoms with E-state index in [0.29, 0.717) is 0 Å². The summed E-state index contributed by atoms with van der Waals surface area (Å²) in [6.07, 6.45) is 0.956. The lowest BCUT2D eigenvalue weighted by Crippen LogP contribution is -2.17. The van der Waals surface area contributed by atoms with Crippen molar-refractivity contribution >= 4 is 5.69 Å².